The molecule has 0 saturated heterocycles. The van der Waals surface area contributed by atoms with Gasteiger partial charge in [0.05, 0.1) is 22.8 Å². The molecule has 44 heavy (non-hydrogen) atoms. The summed E-state index contributed by atoms with van der Waals surface area (Å²) in [5, 5.41) is 1.08. The monoisotopic (exact) mass is 686 g/mol. The van der Waals surface area contributed by atoms with Crippen LogP contribution in [-0.2, 0) is 13.2 Å². The van der Waals surface area contributed by atoms with Crippen LogP contribution in [-0.4, -0.2) is 13.0 Å². The molecule has 0 fully saturated rings. The molecule has 222 valence electrons. The van der Waals surface area contributed by atoms with Gasteiger partial charge in [0.15, 0.2) is 11.5 Å². The van der Waals surface area contributed by atoms with E-state index in [1.807, 2.05) is 96.8 Å². The average molecular weight is 688 g/mol. The van der Waals surface area contributed by atoms with Gasteiger partial charge in [0, 0.05) is 33.4 Å². The molecule has 0 spiro atoms. The van der Waals surface area contributed by atoms with E-state index < -0.39 is 6.17 Å². The second kappa shape index (κ2) is 12.9. The highest BCUT2D eigenvalue weighted by Crippen LogP contribution is 2.46. The third-order valence-electron chi connectivity index (χ3n) is 7.65. The van der Waals surface area contributed by atoms with Crippen molar-refractivity contribution in [2.45, 2.75) is 26.2 Å². The Morgan fingerprint density at radius 3 is 2.32 bits per heavy atom. The quantitative estimate of drug-likeness (QED) is 0.163. The van der Waals surface area contributed by atoms with E-state index in [1.54, 1.807) is 19.2 Å². The minimum Gasteiger partial charge on any atom is -0.493 e. The fourth-order valence-corrected chi connectivity index (χ4v) is 6.52. The zero-order valence-corrected chi connectivity index (χ0v) is 27.2. The molecule has 5 nitrogen and oxygen atoms in total. The second-order valence-electron chi connectivity index (χ2n) is 10.6. The summed E-state index contributed by atoms with van der Waals surface area (Å²) in [6.45, 7) is 2.83. The third-order valence-corrected chi connectivity index (χ3v) is 8.82. The number of rotatable bonds is 8. The van der Waals surface area contributed by atoms with Gasteiger partial charge in [0.25, 0.3) is 5.91 Å². The number of halogens is 3. The number of benzene rings is 5. The van der Waals surface area contributed by atoms with E-state index in [9.17, 15) is 4.79 Å². The maximum atomic E-state index is 14.3. The van der Waals surface area contributed by atoms with Crippen molar-refractivity contribution < 1.29 is 14.3 Å². The third kappa shape index (κ3) is 6.03. The molecule has 1 aliphatic rings. The first kappa shape index (κ1) is 30.1. The average Bonchev–Trinajstić information content (AvgIpc) is 3.03. The lowest BCUT2D eigenvalue weighted by Gasteiger charge is -2.46. The van der Waals surface area contributed by atoms with Crippen LogP contribution in [0.1, 0.15) is 38.8 Å². The first-order chi connectivity index (χ1) is 21.3. The number of amides is 1. The molecule has 1 aliphatic heterocycles. The highest BCUT2D eigenvalue weighted by atomic mass is 79.9. The van der Waals surface area contributed by atoms with Crippen molar-refractivity contribution in [1.29, 1.82) is 0 Å². The number of fused-ring (bicyclic) bond motifs is 1. The van der Waals surface area contributed by atoms with Gasteiger partial charge < -0.3 is 14.4 Å². The summed E-state index contributed by atoms with van der Waals surface area (Å²) in [6, 6.07) is 35.3. The van der Waals surface area contributed by atoms with Gasteiger partial charge in [0.1, 0.15) is 12.8 Å². The minimum atomic E-state index is -0.495. The van der Waals surface area contributed by atoms with Crippen LogP contribution in [0.5, 0.6) is 11.5 Å². The van der Waals surface area contributed by atoms with Crippen LogP contribution >= 0.6 is 39.1 Å². The number of nitrogens with zero attached hydrogens (tertiary/aromatic N) is 2. The van der Waals surface area contributed by atoms with E-state index >= 15 is 0 Å². The summed E-state index contributed by atoms with van der Waals surface area (Å²) in [5.41, 5.74) is 6.19. The van der Waals surface area contributed by atoms with Gasteiger partial charge in [-0.25, -0.2) is 0 Å². The molecule has 5 aromatic rings. The Kier molecular flexibility index (Phi) is 8.85. The Balaban J connectivity index is 1.48. The highest BCUT2D eigenvalue weighted by Gasteiger charge is 2.40. The molecule has 1 heterocycles. The minimum absolute atomic E-state index is 0.0773. The van der Waals surface area contributed by atoms with Crippen LogP contribution in [0.25, 0.3) is 0 Å². The zero-order valence-electron chi connectivity index (χ0n) is 24.1. The molecule has 1 amide bonds. The van der Waals surface area contributed by atoms with Crippen LogP contribution in [0, 0.1) is 6.92 Å². The molecular weight excluding hydrogens is 659 g/mol. The number of carbonyl (C=O) groups is 1. The number of ether oxygens (including phenoxy) is 2. The molecule has 0 N–H and O–H groups in total. The van der Waals surface area contributed by atoms with Gasteiger partial charge in [-0.05, 0) is 76.9 Å². The fraction of sp³-hybridized carbons (Fsp3) is 0.139. The molecule has 0 unspecified atom stereocenters. The van der Waals surface area contributed by atoms with Crippen molar-refractivity contribution in [1.82, 2.24) is 0 Å². The van der Waals surface area contributed by atoms with Crippen molar-refractivity contribution in [3.05, 3.63) is 152 Å². The van der Waals surface area contributed by atoms with Crippen LogP contribution in [0.15, 0.2) is 114 Å². The summed E-state index contributed by atoms with van der Waals surface area (Å²) in [7, 11) is 1.61. The van der Waals surface area contributed by atoms with E-state index in [0.29, 0.717) is 38.1 Å². The number of methoxy groups -OCH3 is 1. The topological polar surface area (TPSA) is 42.0 Å². The summed E-state index contributed by atoms with van der Waals surface area (Å²) in [4.78, 5) is 18.4. The van der Waals surface area contributed by atoms with Crippen molar-refractivity contribution in [2.24, 2.45) is 0 Å². The first-order valence-electron chi connectivity index (χ1n) is 14.1. The van der Waals surface area contributed by atoms with E-state index in [1.165, 1.54) is 0 Å². The fourth-order valence-electron chi connectivity index (χ4n) is 5.48. The van der Waals surface area contributed by atoms with Crippen molar-refractivity contribution in [2.75, 3.05) is 16.9 Å². The number of aryl methyl sites for hydroxylation is 1. The Morgan fingerprint density at radius 2 is 1.59 bits per heavy atom. The van der Waals surface area contributed by atoms with Gasteiger partial charge in [-0.3, -0.25) is 9.69 Å². The number of anilines is 2. The smallest absolute Gasteiger partial charge is 0.262 e. The molecule has 8 heteroatoms. The van der Waals surface area contributed by atoms with Crippen LogP contribution in [0.3, 0.4) is 0 Å². The van der Waals surface area contributed by atoms with Gasteiger partial charge in [0.2, 0.25) is 0 Å². The first-order valence-corrected chi connectivity index (χ1v) is 15.6. The Morgan fingerprint density at radius 1 is 0.864 bits per heavy atom. The number of carbonyl (C=O) groups excluding carboxylic acids is 1. The molecule has 6 rings (SSSR count). The van der Waals surface area contributed by atoms with E-state index in [4.69, 9.17) is 32.7 Å². The highest BCUT2D eigenvalue weighted by molar-refractivity contribution is 9.10. The molecule has 0 bridgehead atoms. The van der Waals surface area contributed by atoms with Gasteiger partial charge in [-0.15, -0.1) is 0 Å². The van der Waals surface area contributed by atoms with Crippen molar-refractivity contribution in [3.63, 3.8) is 0 Å². The summed E-state index contributed by atoms with van der Waals surface area (Å²) < 4.78 is 12.8. The normalized spacial score (nSPS) is 14.4. The SMILES string of the molecule is COc1cc([C@H]2N(Cc3ccccc3)c3ccccc3C(=O)N2c2ccc(C)cc2)cc(Br)c1OCc1ccc(Cl)cc1Cl. The molecule has 0 saturated carbocycles. The lowest BCUT2D eigenvalue weighted by Crippen LogP contribution is -2.49. The predicted molar refractivity (Wildman–Crippen MR) is 181 cm³/mol. The van der Waals surface area contributed by atoms with Gasteiger partial charge >= 0.3 is 0 Å². The lowest BCUT2D eigenvalue weighted by molar-refractivity contribution is 0.0968. The largest absolute Gasteiger partial charge is 0.493 e. The molecule has 0 aromatic heterocycles. The number of hydrogen-bond donors (Lipinski definition) is 0. The summed E-state index contributed by atoms with van der Waals surface area (Å²) >= 11 is 16.2. The molecule has 1 atom stereocenters. The van der Waals surface area contributed by atoms with Gasteiger partial charge in [-0.2, -0.15) is 0 Å². The Labute approximate surface area is 275 Å². The van der Waals surface area contributed by atoms with Crippen molar-refractivity contribution in [3.8, 4) is 11.5 Å². The predicted octanol–water partition coefficient (Wildman–Crippen LogP) is 10.0. The maximum Gasteiger partial charge on any atom is 0.262 e. The molecular formula is C36H29BrCl2N2O3. The summed E-state index contributed by atoms with van der Waals surface area (Å²) in [5.74, 6) is 0.974. The van der Waals surface area contributed by atoms with E-state index in [-0.39, 0.29) is 12.5 Å². The number of hydrogen-bond acceptors (Lipinski definition) is 4. The van der Waals surface area contributed by atoms with E-state index in [0.717, 1.165) is 33.6 Å². The standard InChI is InChI=1S/C36H29BrCl2N2O3/c1-23-12-16-28(17-13-23)41-35(40(21-24-8-4-3-5-9-24)32-11-7-6-10-29(32)36(41)42)26-18-30(37)34(33(19-26)43-2)44-22-25-14-15-27(38)20-31(25)39/h3-20,35H,21-22H2,1-2H3/t35-/m0/s1. The lowest BCUT2D eigenvalue weighted by atomic mass is 9.98. The van der Waals surface area contributed by atoms with Crippen LogP contribution in [0.4, 0.5) is 11.4 Å². The van der Waals surface area contributed by atoms with Crippen LogP contribution < -0.4 is 19.3 Å². The van der Waals surface area contributed by atoms with Crippen molar-refractivity contribution >= 4 is 56.4 Å². The van der Waals surface area contributed by atoms with Crippen LogP contribution in [0.2, 0.25) is 10.0 Å². The second-order valence-corrected chi connectivity index (χ2v) is 12.3. The Bertz CT molecular complexity index is 1820. The Hall–Kier alpha value is -3.97. The number of para-hydroxylation sites is 1. The molecule has 0 aliphatic carbocycles. The summed E-state index contributed by atoms with van der Waals surface area (Å²) in [6.07, 6.45) is -0.495. The molecule has 5 aromatic carbocycles. The van der Waals surface area contributed by atoms with E-state index in [2.05, 4.69) is 33.0 Å². The van der Waals surface area contributed by atoms with Gasteiger partial charge in [-0.1, -0.05) is 89.4 Å². The maximum absolute atomic E-state index is 14.3. The molecule has 0 radical (unpaired) electrons. The zero-order chi connectivity index (χ0) is 30.8.